The Labute approximate surface area is 132 Å². The Hall–Kier alpha value is -1.26. The van der Waals surface area contributed by atoms with Gasteiger partial charge in [0, 0.05) is 0 Å². The fourth-order valence-electron chi connectivity index (χ4n) is 4.11. The summed E-state index contributed by atoms with van der Waals surface area (Å²) in [6.45, 7) is 6.31. The Morgan fingerprint density at radius 2 is 2.00 bits per heavy atom. The molecule has 1 aromatic rings. The van der Waals surface area contributed by atoms with E-state index in [-0.39, 0.29) is 35.4 Å². The van der Waals surface area contributed by atoms with Gasteiger partial charge in [-0.3, -0.25) is 0 Å². The quantitative estimate of drug-likeness (QED) is 0.880. The molecule has 3 rings (SSSR count). The molecule has 2 aliphatic rings. The van der Waals surface area contributed by atoms with Gasteiger partial charge in [-0.2, -0.15) is 0 Å². The number of rotatable bonds is 2. The van der Waals surface area contributed by atoms with Gasteiger partial charge in [0.25, 0.3) is 0 Å². The average molecular weight is 306 g/mol. The summed E-state index contributed by atoms with van der Waals surface area (Å²) < 4.78 is 11.5. The van der Waals surface area contributed by atoms with Crippen LogP contribution in [0.1, 0.15) is 45.3 Å². The number of ether oxygens (including phenoxy) is 2. The molecule has 1 aliphatic carbocycles. The number of aromatic hydroxyl groups is 1. The van der Waals surface area contributed by atoms with Crippen LogP contribution >= 0.6 is 0 Å². The van der Waals surface area contributed by atoms with E-state index in [0.29, 0.717) is 11.7 Å². The average Bonchev–Trinajstić information content (AvgIpc) is 2.47. The molecule has 1 aliphatic heterocycles. The number of methoxy groups -OCH3 is 1. The minimum Gasteiger partial charge on any atom is -0.504 e. The normalized spacial score (nSPS) is 36.9. The Kier molecular flexibility index (Phi) is 3.86. The van der Waals surface area contributed by atoms with Gasteiger partial charge in [0.1, 0.15) is 0 Å². The SMILES string of the molecule is COc1ccc([C@@H]2OC(C)(C)C3CC2[C@H](C)[C@@H](O)C3)cc1O. The lowest BCUT2D eigenvalue weighted by Crippen LogP contribution is -2.52. The minimum atomic E-state index is -0.277. The van der Waals surface area contributed by atoms with Crippen LogP contribution in [0.4, 0.5) is 0 Å². The zero-order valence-corrected chi connectivity index (χ0v) is 13.7. The Morgan fingerprint density at radius 1 is 1.27 bits per heavy atom. The summed E-state index contributed by atoms with van der Waals surface area (Å²) in [5.74, 6) is 1.45. The molecular formula is C18H26O4. The zero-order chi connectivity index (χ0) is 16.1. The highest BCUT2D eigenvalue weighted by Crippen LogP contribution is 2.53. The van der Waals surface area contributed by atoms with Gasteiger partial charge in [-0.05, 0) is 62.1 Å². The minimum absolute atomic E-state index is 0.104. The first-order chi connectivity index (χ1) is 10.3. The number of benzene rings is 1. The van der Waals surface area contributed by atoms with E-state index in [2.05, 4.69) is 20.8 Å². The van der Waals surface area contributed by atoms with Crippen LogP contribution in [-0.4, -0.2) is 29.0 Å². The molecule has 1 saturated carbocycles. The summed E-state index contributed by atoms with van der Waals surface area (Å²) in [6.07, 6.45) is 1.49. The second-order valence-corrected chi connectivity index (χ2v) is 7.33. The Morgan fingerprint density at radius 3 is 2.64 bits per heavy atom. The number of aliphatic hydroxyl groups is 1. The Bertz CT molecular complexity index is 554. The predicted octanol–water partition coefficient (Wildman–Crippen LogP) is 3.27. The first kappa shape index (κ1) is 15.6. The molecule has 0 radical (unpaired) electrons. The Balaban J connectivity index is 1.96. The number of phenolic OH excluding ortho intramolecular Hbond substituents is 1. The van der Waals surface area contributed by atoms with E-state index in [4.69, 9.17) is 9.47 Å². The number of aliphatic hydroxyl groups excluding tert-OH is 1. The first-order valence-corrected chi connectivity index (χ1v) is 8.06. The molecular weight excluding hydrogens is 280 g/mol. The second-order valence-electron chi connectivity index (χ2n) is 7.33. The van der Waals surface area contributed by atoms with Gasteiger partial charge in [0.05, 0.1) is 24.9 Å². The fraction of sp³-hybridized carbons (Fsp3) is 0.667. The topological polar surface area (TPSA) is 58.9 Å². The van der Waals surface area contributed by atoms with Gasteiger partial charge in [-0.15, -0.1) is 0 Å². The van der Waals surface area contributed by atoms with Crippen molar-refractivity contribution in [1.82, 2.24) is 0 Å². The van der Waals surface area contributed by atoms with Crippen molar-refractivity contribution >= 4 is 0 Å². The third kappa shape index (κ3) is 2.48. The highest BCUT2D eigenvalue weighted by Gasteiger charge is 2.50. The van der Waals surface area contributed by atoms with E-state index in [1.54, 1.807) is 19.2 Å². The van der Waals surface area contributed by atoms with Crippen molar-refractivity contribution < 1.29 is 19.7 Å². The van der Waals surface area contributed by atoms with Crippen molar-refractivity contribution in [2.24, 2.45) is 17.8 Å². The molecule has 4 heteroatoms. The molecule has 4 nitrogen and oxygen atoms in total. The van der Waals surface area contributed by atoms with Crippen molar-refractivity contribution in [3.8, 4) is 11.5 Å². The predicted molar refractivity (Wildman–Crippen MR) is 83.9 cm³/mol. The van der Waals surface area contributed by atoms with Crippen LogP contribution in [-0.2, 0) is 4.74 Å². The fourth-order valence-corrected chi connectivity index (χ4v) is 4.11. The number of hydrogen-bond donors (Lipinski definition) is 2. The van der Waals surface area contributed by atoms with Crippen molar-refractivity contribution in [3.05, 3.63) is 23.8 Å². The largest absolute Gasteiger partial charge is 0.504 e. The summed E-state index contributed by atoms with van der Waals surface area (Å²) in [7, 11) is 1.54. The molecule has 1 saturated heterocycles. The smallest absolute Gasteiger partial charge is 0.160 e. The van der Waals surface area contributed by atoms with Crippen LogP contribution in [0.25, 0.3) is 0 Å². The maximum Gasteiger partial charge on any atom is 0.160 e. The van der Waals surface area contributed by atoms with Crippen LogP contribution in [0, 0.1) is 17.8 Å². The van der Waals surface area contributed by atoms with Crippen molar-refractivity contribution in [1.29, 1.82) is 0 Å². The van der Waals surface area contributed by atoms with E-state index in [9.17, 15) is 10.2 Å². The highest BCUT2D eigenvalue weighted by atomic mass is 16.5. The van der Waals surface area contributed by atoms with Crippen LogP contribution in [0.2, 0.25) is 0 Å². The van der Waals surface area contributed by atoms with Gasteiger partial charge in [0.15, 0.2) is 11.5 Å². The lowest BCUT2D eigenvalue weighted by molar-refractivity contribution is -0.215. The van der Waals surface area contributed by atoms with Crippen LogP contribution < -0.4 is 4.74 Å². The van der Waals surface area contributed by atoms with E-state index >= 15 is 0 Å². The zero-order valence-electron chi connectivity index (χ0n) is 13.7. The molecule has 2 unspecified atom stereocenters. The van der Waals surface area contributed by atoms with Crippen molar-refractivity contribution in [2.75, 3.05) is 7.11 Å². The van der Waals surface area contributed by atoms with Crippen molar-refractivity contribution in [2.45, 2.75) is 51.4 Å². The number of phenols is 1. The van der Waals surface area contributed by atoms with E-state index in [0.717, 1.165) is 18.4 Å². The van der Waals surface area contributed by atoms with Crippen LogP contribution in [0.15, 0.2) is 18.2 Å². The molecule has 2 bridgehead atoms. The van der Waals surface area contributed by atoms with E-state index in [1.807, 2.05) is 6.07 Å². The monoisotopic (exact) mass is 306 g/mol. The molecule has 22 heavy (non-hydrogen) atoms. The summed E-state index contributed by atoms with van der Waals surface area (Å²) >= 11 is 0. The lowest BCUT2D eigenvalue weighted by Gasteiger charge is -2.53. The summed E-state index contributed by atoms with van der Waals surface area (Å²) in [4.78, 5) is 0. The molecule has 2 N–H and O–H groups in total. The lowest BCUT2D eigenvalue weighted by atomic mass is 9.63. The summed E-state index contributed by atoms with van der Waals surface area (Å²) in [5, 5.41) is 20.5. The molecule has 2 fully saturated rings. The third-order valence-corrected chi connectivity index (χ3v) is 5.70. The molecule has 0 aromatic heterocycles. The molecule has 5 atom stereocenters. The first-order valence-electron chi connectivity index (χ1n) is 8.06. The summed E-state index contributed by atoms with van der Waals surface area (Å²) in [5.41, 5.74) is 0.688. The molecule has 1 aromatic carbocycles. The van der Waals surface area contributed by atoms with Crippen LogP contribution in [0.3, 0.4) is 0 Å². The van der Waals surface area contributed by atoms with E-state index in [1.165, 1.54) is 0 Å². The standard InChI is InChI=1S/C18H26O4/c1-10-13-8-12(9-14(10)19)18(2,3)22-17(13)11-5-6-16(21-4)15(20)7-11/h5-7,10,12-14,17,19-20H,8-9H2,1-4H3/t10-,12?,13?,14-,17-/m0/s1. The molecule has 0 spiro atoms. The number of hydrogen-bond acceptors (Lipinski definition) is 4. The van der Waals surface area contributed by atoms with Gasteiger partial charge >= 0.3 is 0 Å². The van der Waals surface area contributed by atoms with Gasteiger partial charge in [0.2, 0.25) is 0 Å². The van der Waals surface area contributed by atoms with Crippen molar-refractivity contribution in [3.63, 3.8) is 0 Å². The second kappa shape index (κ2) is 5.43. The number of fused-ring (bicyclic) bond motifs is 2. The maximum atomic E-state index is 10.4. The molecule has 1 heterocycles. The molecule has 0 amide bonds. The summed E-state index contributed by atoms with van der Waals surface area (Å²) in [6, 6.07) is 5.46. The van der Waals surface area contributed by atoms with Gasteiger partial charge < -0.3 is 19.7 Å². The van der Waals surface area contributed by atoms with E-state index < -0.39 is 0 Å². The third-order valence-electron chi connectivity index (χ3n) is 5.70. The molecule has 122 valence electrons. The maximum absolute atomic E-state index is 10.4. The van der Waals surface area contributed by atoms with Crippen LogP contribution in [0.5, 0.6) is 11.5 Å². The van der Waals surface area contributed by atoms with Gasteiger partial charge in [-0.1, -0.05) is 13.0 Å². The van der Waals surface area contributed by atoms with Gasteiger partial charge in [-0.25, -0.2) is 0 Å². The highest BCUT2D eigenvalue weighted by molar-refractivity contribution is 5.42.